The van der Waals surface area contributed by atoms with Crippen LogP contribution in [-0.2, 0) is 17.6 Å². The van der Waals surface area contributed by atoms with Crippen molar-refractivity contribution in [3.63, 3.8) is 0 Å². The average molecular weight is 290 g/mol. The van der Waals surface area contributed by atoms with E-state index in [-0.39, 0.29) is 18.0 Å². The van der Waals surface area contributed by atoms with Crippen molar-refractivity contribution in [3.8, 4) is 0 Å². The fourth-order valence-electron chi connectivity index (χ4n) is 1.68. The molecule has 0 atom stereocenters. The molecule has 2 N–H and O–H groups in total. The molecule has 20 heavy (non-hydrogen) atoms. The van der Waals surface area contributed by atoms with Crippen molar-refractivity contribution in [2.24, 2.45) is 0 Å². The van der Waals surface area contributed by atoms with Gasteiger partial charge in [0.05, 0.1) is 6.42 Å². The molecule has 0 aliphatic carbocycles. The number of carboxylic acids is 1. The Labute approximate surface area is 120 Å². The molecule has 1 aromatic heterocycles. The van der Waals surface area contributed by atoms with Crippen LogP contribution in [0.5, 0.6) is 0 Å². The minimum absolute atomic E-state index is 0.0120. The lowest BCUT2D eigenvalue weighted by Gasteiger charge is -2.04. The summed E-state index contributed by atoms with van der Waals surface area (Å²) < 4.78 is 0. The molecule has 0 spiro atoms. The second kappa shape index (κ2) is 6.81. The van der Waals surface area contributed by atoms with E-state index in [4.69, 9.17) is 5.11 Å². The quantitative estimate of drug-likeness (QED) is 0.849. The van der Waals surface area contributed by atoms with Crippen LogP contribution >= 0.6 is 11.3 Å². The number of aromatic nitrogens is 1. The van der Waals surface area contributed by atoms with Crippen molar-refractivity contribution >= 4 is 23.2 Å². The molecule has 0 saturated heterocycles. The molecule has 0 unspecified atom stereocenters. The Bertz CT molecular complexity index is 595. The number of carbonyl (C=O) groups is 2. The summed E-state index contributed by atoms with van der Waals surface area (Å²) in [5, 5.41) is 13.5. The van der Waals surface area contributed by atoms with Crippen LogP contribution in [0, 0.1) is 0 Å². The fraction of sp³-hybridized carbons (Fsp3) is 0.214. The number of carboxylic acid groups (broad SMARTS) is 1. The Hall–Kier alpha value is -2.21. The molecule has 1 aromatic carbocycles. The lowest BCUT2D eigenvalue weighted by Crippen LogP contribution is -2.27. The molecule has 2 aromatic rings. The number of aromatic carboxylic acids is 1. The summed E-state index contributed by atoms with van der Waals surface area (Å²) in [5.74, 6) is -1.22. The van der Waals surface area contributed by atoms with E-state index >= 15 is 0 Å². The van der Waals surface area contributed by atoms with E-state index in [2.05, 4.69) is 10.3 Å². The highest BCUT2D eigenvalue weighted by molar-refractivity contribution is 7.09. The summed E-state index contributed by atoms with van der Waals surface area (Å²) in [6.07, 6.45) is 0.886. The normalized spacial score (nSPS) is 10.2. The standard InChI is InChI=1S/C14H14N2O3S/c17-12(8-13-16-11(9-20-13)14(18)19)15-7-6-10-4-2-1-3-5-10/h1-5,9H,6-8H2,(H,15,17)(H,18,19). The zero-order valence-corrected chi connectivity index (χ0v) is 11.5. The molecule has 0 bridgehead atoms. The van der Waals surface area contributed by atoms with Gasteiger partial charge in [-0.25, -0.2) is 9.78 Å². The second-order valence-corrected chi connectivity index (χ2v) is 5.14. The van der Waals surface area contributed by atoms with E-state index in [0.717, 1.165) is 12.0 Å². The SMILES string of the molecule is O=C(Cc1nc(C(=O)O)cs1)NCCc1ccccc1. The van der Waals surface area contributed by atoms with Crippen LogP contribution in [0.25, 0.3) is 0 Å². The van der Waals surface area contributed by atoms with E-state index in [1.165, 1.54) is 16.7 Å². The molecule has 5 nitrogen and oxygen atoms in total. The molecular weight excluding hydrogens is 276 g/mol. The highest BCUT2D eigenvalue weighted by Crippen LogP contribution is 2.10. The van der Waals surface area contributed by atoms with E-state index in [1.54, 1.807) is 0 Å². The van der Waals surface area contributed by atoms with Crippen molar-refractivity contribution in [1.29, 1.82) is 0 Å². The van der Waals surface area contributed by atoms with Crippen LogP contribution in [-0.4, -0.2) is 28.5 Å². The van der Waals surface area contributed by atoms with Crippen LogP contribution in [0.4, 0.5) is 0 Å². The van der Waals surface area contributed by atoms with Gasteiger partial charge < -0.3 is 10.4 Å². The predicted octanol–water partition coefficient (Wildman–Crippen LogP) is 1.74. The maximum atomic E-state index is 11.7. The Balaban J connectivity index is 1.76. The summed E-state index contributed by atoms with van der Waals surface area (Å²) in [7, 11) is 0. The van der Waals surface area contributed by atoms with Crippen LogP contribution < -0.4 is 5.32 Å². The maximum Gasteiger partial charge on any atom is 0.355 e. The smallest absolute Gasteiger partial charge is 0.355 e. The van der Waals surface area contributed by atoms with Gasteiger partial charge in [-0.05, 0) is 12.0 Å². The highest BCUT2D eigenvalue weighted by Gasteiger charge is 2.11. The Kier molecular flexibility index (Phi) is 4.84. The molecule has 2 rings (SSSR count). The van der Waals surface area contributed by atoms with E-state index in [9.17, 15) is 9.59 Å². The number of nitrogens with zero attached hydrogens (tertiary/aromatic N) is 1. The van der Waals surface area contributed by atoms with Crippen LogP contribution in [0.3, 0.4) is 0 Å². The van der Waals surface area contributed by atoms with Gasteiger partial charge in [0.15, 0.2) is 5.69 Å². The predicted molar refractivity (Wildman–Crippen MR) is 75.9 cm³/mol. The highest BCUT2D eigenvalue weighted by atomic mass is 32.1. The Morgan fingerprint density at radius 1 is 1.25 bits per heavy atom. The molecule has 0 aliphatic heterocycles. The van der Waals surface area contributed by atoms with Gasteiger partial charge in [0.2, 0.25) is 5.91 Å². The number of carbonyl (C=O) groups excluding carboxylic acids is 1. The fourth-order valence-corrected chi connectivity index (χ4v) is 2.45. The van der Waals surface area contributed by atoms with Gasteiger partial charge in [0.1, 0.15) is 5.01 Å². The molecule has 6 heteroatoms. The Morgan fingerprint density at radius 3 is 2.65 bits per heavy atom. The number of hydrogen-bond donors (Lipinski definition) is 2. The number of hydrogen-bond acceptors (Lipinski definition) is 4. The topological polar surface area (TPSA) is 79.3 Å². The first kappa shape index (κ1) is 14.2. The van der Waals surface area contributed by atoms with Gasteiger partial charge in [-0.15, -0.1) is 11.3 Å². The Morgan fingerprint density at radius 2 is 2.00 bits per heavy atom. The molecule has 0 aliphatic rings. The van der Waals surface area contributed by atoms with E-state index in [0.29, 0.717) is 11.6 Å². The van der Waals surface area contributed by atoms with Crippen molar-refractivity contribution in [1.82, 2.24) is 10.3 Å². The third kappa shape index (κ3) is 4.17. The van der Waals surface area contributed by atoms with Crippen LogP contribution in [0.2, 0.25) is 0 Å². The lowest BCUT2D eigenvalue weighted by atomic mass is 10.1. The maximum absolute atomic E-state index is 11.7. The number of rotatable bonds is 6. The molecule has 1 amide bonds. The summed E-state index contributed by atoms with van der Waals surface area (Å²) in [4.78, 5) is 26.2. The van der Waals surface area contributed by atoms with Gasteiger partial charge in [-0.2, -0.15) is 0 Å². The van der Waals surface area contributed by atoms with Crippen molar-refractivity contribution < 1.29 is 14.7 Å². The zero-order valence-electron chi connectivity index (χ0n) is 10.7. The van der Waals surface area contributed by atoms with Crippen LogP contribution in [0.1, 0.15) is 21.1 Å². The monoisotopic (exact) mass is 290 g/mol. The van der Waals surface area contributed by atoms with E-state index < -0.39 is 5.97 Å². The van der Waals surface area contributed by atoms with Gasteiger partial charge in [0.25, 0.3) is 0 Å². The van der Waals surface area contributed by atoms with Crippen molar-refractivity contribution in [2.45, 2.75) is 12.8 Å². The van der Waals surface area contributed by atoms with Gasteiger partial charge in [-0.1, -0.05) is 30.3 Å². The molecule has 104 valence electrons. The molecule has 0 radical (unpaired) electrons. The summed E-state index contributed by atoms with van der Waals surface area (Å²) in [5.41, 5.74) is 1.15. The van der Waals surface area contributed by atoms with Gasteiger partial charge in [-0.3, -0.25) is 4.79 Å². The third-order valence-electron chi connectivity index (χ3n) is 2.66. The first-order valence-corrected chi connectivity index (χ1v) is 7.01. The average Bonchev–Trinajstić information content (AvgIpc) is 2.88. The third-order valence-corrected chi connectivity index (χ3v) is 3.51. The minimum Gasteiger partial charge on any atom is -0.476 e. The minimum atomic E-state index is -1.07. The molecule has 0 fully saturated rings. The number of thiazole rings is 1. The summed E-state index contributed by atoms with van der Waals surface area (Å²) in [6.45, 7) is 0.556. The summed E-state index contributed by atoms with van der Waals surface area (Å²) >= 11 is 1.18. The first-order valence-electron chi connectivity index (χ1n) is 6.13. The summed E-state index contributed by atoms with van der Waals surface area (Å²) in [6, 6.07) is 9.88. The lowest BCUT2D eigenvalue weighted by molar-refractivity contribution is -0.120. The molecular formula is C14H14N2O3S. The number of nitrogens with one attached hydrogen (secondary N) is 1. The number of amides is 1. The van der Waals surface area contributed by atoms with Gasteiger partial charge in [0, 0.05) is 11.9 Å². The largest absolute Gasteiger partial charge is 0.476 e. The van der Waals surface area contributed by atoms with Crippen molar-refractivity contribution in [2.75, 3.05) is 6.54 Å². The van der Waals surface area contributed by atoms with Gasteiger partial charge >= 0.3 is 5.97 Å². The molecule has 1 heterocycles. The second-order valence-electron chi connectivity index (χ2n) is 4.19. The van der Waals surface area contributed by atoms with E-state index in [1.807, 2.05) is 30.3 Å². The first-order chi connectivity index (χ1) is 9.65. The number of benzene rings is 1. The zero-order chi connectivity index (χ0) is 14.4. The molecule has 0 saturated carbocycles. The van der Waals surface area contributed by atoms with Crippen LogP contribution in [0.15, 0.2) is 35.7 Å². The van der Waals surface area contributed by atoms with Crippen molar-refractivity contribution in [3.05, 3.63) is 52.0 Å².